The van der Waals surface area contributed by atoms with E-state index in [4.69, 9.17) is 4.74 Å². The van der Waals surface area contributed by atoms with Crippen LogP contribution in [-0.4, -0.2) is 35.4 Å². The van der Waals surface area contributed by atoms with Crippen LogP contribution in [0, 0.1) is 5.92 Å². The number of urea groups is 1. The van der Waals surface area contributed by atoms with Gasteiger partial charge in [-0.1, -0.05) is 43.7 Å². The topological polar surface area (TPSA) is 105 Å². The minimum Gasteiger partial charge on any atom is -0.455 e. The van der Waals surface area contributed by atoms with Gasteiger partial charge in [0.2, 0.25) is 0 Å². The van der Waals surface area contributed by atoms with Crippen LogP contribution in [0.1, 0.15) is 38.2 Å². The zero-order chi connectivity index (χ0) is 18.7. The van der Waals surface area contributed by atoms with Crippen molar-refractivity contribution in [1.82, 2.24) is 15.8 Å². The molecular formula is C18H21N3O5. The van der Waals surface area contributed by atoms with Gasteiger partial charge in [-0.05, 0) is 24.8 Å². The summed E-state index contributed by atoms with van der Waals surface area (Å²) in [6, 6.07) is 8.12. The van der Waals surface area contributed by atoms with E-state index in [9.17, 15) is 19.2 Å². The molecule has 2 fully saturated rings. The summed E-state index contributed by atoms with van der Waals surface area (Å²) < 4.78 is 4.93. The number of hydrogen-bond acceptors (Lipinski definition) is 5. The zero-order valence-corrected chi connectivity index (χ0v) is 14.5. The van der Waals surface area contributed by atoms with Crippen molar-refractivity contribution in [3.8, 4) is 0 Å². The fourth-order valence-electron chi connectivity index (χ4n) is 3.09. The molecule has 2 aliphatic rings. The quantitative estimate of drug-likeness (QED) is 0.587. The molecule has 0 aromatic heterocycles. The van der Waals surface area contributed by atoms with Gasteiger partial charge in [-0.2, -0.15) is 5.01 Å². The van der Waals surface area contributed by atoms with Gasteiger partial charge in [-0.3, -0.25) is 19.8 Å². The molecule has 0 radical (unpaired) electrons. The van der Waals surface area contributed by atoms with E-state index in [1.165, 1.54) is 0 Å². The maximum Gasteiger partial charge on any atom is 0.344 e. The number of carbonyl (C=O) groups is 4. The fourth-order valence-corrected chi connectivity index (χ4v) is 3.09. The van der Waals surface area contributed by atoms with Gasteiger partial charge in [-0.25, -0.2) is 4.79 Å². The van der Waals surface area contributed by atoms with E-state index in [2.05, 4.69) is 10.7 Å². The minimum atomic E-state index is -1.23. The Balaban J connectivity index is 1.65. The van der Waals surface area contributed by atoms with E-state index in [0.29, 0.717) is 17.0 Å². The summed E-state index contributed by atoms with van der Waals surface area (Å²) in [5, 5.41) is 3.30. The first-order valence-electron chi connectivity index (χ1n) is 8.66. The lowest BCUT2D eigenvalue weighted by molar-refractivity contribution is -0.156. The standard InChI is InChI=1S/C18H21N3O5/c1-2-18(13-9-4-3-5-10-13)16(24)21(17(25)19-18)20-14(22)11-26-15(23)12-7-6-8-12/h3-5,9-10,12H,2,6-8,11H2,1H3,(H,19,25)(H,20,22)/t18-/m1/s1. The Bertz CT molecular complexity index is 732. The molecule has 4 amide bonds. The molecule has 1 aliphatic heterocycles. The third-order valence-corrected chi connectivity index (χ3v) is 4.91. The second-order valence-corrected chi connectivity index (χ2v) is 6.47. The number of hydrazine groups is 1. The van der Waals surface area contributed by atoms with Crippen molar-refractivity contribution < 1.29 is 23.9 Å². The molecule has 1 atom stereocenters. The molecule has 0 unspecified atom stereocenters. The summed E-state index contributed by atoms with van der Waals surface area (Å²) in [5.74, 6) is -1.88. The van der Waals surface area contributed by atoms with E-state index >= 15 is 0 Å². The lowest BCUT2D eigenvalue weighted by atomic mass is 9.86. The van der Waals surface area contributed by atoms with Gasteiger partial charge in [0, 0.05) is 0 Å². The molecule has 0 bridgehead atoms. The molecule has 3 rings (SSSR count). The van der Waals surface area contributed by atoms with Gasteiger partial charge in [0.1, 0.15) is 5.54 Å². The summed E-state index contributed by atoms with van der Waals surface area (Å²) in [6.45, 7) is 1.24. The lowest BCUT2D eigenvalue weighted by Gasteiger charge is -2.25. The second kappa shape index (κ2) is 7.15. The number of benzene rings is 1. The van der Waals surface area contributed by atoms with Crippen LogP contribution in [0.4, 0.5) is 4.79 Å². The van der Waals surface area contributed by atoms with Crippen LogP contribution < -0.4 is 10.7 Å². The summed E-state index contributed by atoms with van der Waals surface area (Å²) in [7, 11) is 0. The molecule has 0 spiro atoms. The first kappa shape index (κ1) is 17.9. The van der Waals surface area contributed by atoms with Crippen LogP contribution in [0.15, 0.2) is 30.3 Å². The highest BCUT2D eigenvalue weighted by Gasteiger charge is 2.52. The largest absolute Gasteiger partial charge is 0.455 e. The second-order valence-electron chi connectivity index (χ2n) is 6.47. The summed E-state index contributed by atoms with van der Waals surface area (Å²) >= 11 is 0. The average molecular weight is 359 g/mol. The van der Waals surface area contributed by atoms with Gasteiger partial charge < -0.3 is 10.1 Å². The number of hydrogen-bond donors (Lipinski definition) is 2. The first-order valence-corrected chi connectivity index (χ1v) is 8.66. The molecule has 1 heterocycles. The predicted molar refractivity (Wildman–Crippen MR) is 90.2 cm³/mol. The van der Waals surface area contributed by atoms with Crippen LogP contribution in [0.3, 0.4) is 0 Å². The average Bonchev–Trinajstić information content (AvgIpc) is 2.84. The Morgan fingerprint density at radius 1 is 1.27 bits per heavy atom. The highest BCUT2D eigenvalue weighted by Crippen LogP contribution is 2.31. The maximum atomic E-state index is 12.8. The zero-order valence-electron chi connectivity index (χ0n) is 14.5. The number of carbonyl (C=O) groups excluding carboxylic acids is 4. The van der Waals surface area contributed by atoms with E-state index in [1.807, 2.05) is 6.07 Å². The molecule has 26 heavy (non-hydrogen) atoms. The summed E-state index contributed by atoms with van der Waals surface area (Å²) in [6.07, 6.45) is 2.84. The summed E-state index contributed by atoms with van der Waals surface area (Å²) in [5.41, 5.74) is 1.63. The van der Waals surface area contributed by atoms with Crippen molar-refractivity contribution in [2.24, 2.45) is 5.92 Å². The highest BCUT2D eigenvalue weighted by atomic mass is 16.5. The Morgan fingerprint density at radius 3 is 2.54 bits per heavy atom. The van der Waals surface area contributed by atoms with Crippen molar-refractivity contribution in [3.05, 3.63) is 35.9 Å². The van der Waals surface area contributed by atoms with Crippen LogP contribution in [0.25, 0.3) is 0 Å². The molecule has 1 aromatic rings. The molecule has 1 saturated heterocycles. The summed E-state index contributed by atoms with van der Waals surface area (Å²) in [4.78, 5) is 48.7. The highest BCUT2D eigenvalue weighted by molar-refractivity contribution is 6.08. The number of amides is 4. The molecule has 1 aromatic carbocycles. The number of nitrogens with zero attached hydrogens (tertiary/aromatic N) is 1. The number of imide groups is 1. The molecule has 8 heteroatoms. The molecule has 138 valence electrons. The molecule has 1 saturated carbocycles. The first-order chi connectivity index (χ1) is 12.5. The molecule has 1 aliphatic carbocycles. The normalized spacial score (nSPS) is 22.6. The molecular weight excluding hydrogens is 338 g/mol. The smallest absolute Gasteiger partial charge is 0.344 e. The Hall–Kier alpha value is -2.90. The number of nitrogens with one attached hydrogen (secondary N) is 2. The van der Waals surface area contributed by atoms with Gasteiger partial charge in [0.05, 0.1) is 5.92 Å². The maximum absolute atomic E-state index is 12.8. The van der Waals surface area contributed by atoms with E-state index < -0.39 is 36.0 Å². The van der Waals surface area contributed by atoms with E-state index in [-0.39, 0.29) is 5.92 Å². The van der Waals surface area contributed by atoms with Crippen LogP contribution in [0.2, 0.25) is 0 Å². The van der Waals surface area contributed by atoms with Crippen LogP contribution in [0.5, 0.6) is 0 Å². The number of ether oxygens (including phenoxy) is 1. The third-order valence-electron chi connectivity index (χ3n) is 4.91. The van der Waals surface area contributed by atoms with Gasteiger partial charge >= 0.3 is 12.0 Å². The van der Waals surface area contributed by atoms with Gasteiger partial charge in [-0.15, -0.1) is 0 Å². The number of esters is 1. The Kier molecular flexibility index (Phi) is 4.92. The van der Waals surface area contributed by atoms with Crippen LogP contribution >= 0.6 is 0 Å². The monoisotopic (exact) mass is 359 g/mol. The predicted octanol–water partition coefficient (Wildman–Crippen LogP) is 1.22. The third kappa shape index (κ3) is 3.14. The van der Waals surface area contributed by atoms with Crippen LogP contribution in [-0.2, 0) is 24.7 Å². The SMILES string of the molecule is CC[C@]1(c2ccccc2)NC(=O)N(NC(=O)COC(=O)C2CCC2)C1=O. The van der Waals surface area contributed by atoms with Gasteiger partial charge in [0.15, 0.2) is 6.61 Å². The number of rotatable bonds is 6. The van der Waals surface area contributed by atoms with E-state index in [1.54, 1.807) is 31.2 Å². The van der Waals surface area contributed by atoms with Gasteiger partial charge in [0.25, 0.3) is 11.8 Å². The van der Waals surface area contributed by atoms with Crippen molar-refractivity contribution in [3.63, 3.8) is 0 Å². The van der Waals surface area contributed by atoms with Crippen molar-refractivity contribution >= 4 is 23.8 Å². The Morgan fingerprint density at radius 2 is 1.96 bits per heavy atom. The molecule has 8 nitrogen and oxygen atoms in total. The van der Waals surface area contributed by atoms with Crippen molar-refractivity contribution in [2.45, 2.75) is 38.1 Å². The fraction of sp³-hybridized carbons (Fsp3) is 0.444. The molecule has 2 N–H and O–H groups in total. The minimum absolute atomic E-state index is 0.148. The van der Waals surface area contributed by atoms with Crippen molar-refractivity contribution in [1.29, 1.82) is 0 Å². The van der Waals surface area contributed by atoms with E-state index in [0.717, 1.165) is 19.3 Å². The lowest BCUT2D eigenvalue weighted by Crippen LogP contribution is -2.49. The Labute approximate surface area is 150 Å². The van der Waals surface area contributed by atoms with Crippen molar-refractivity contribution in [2.75, 3.05) is 6.61 Å².